The molecule has 21 heavy (non-hydrogen) atoms. The van der Waals surface area contributed by atoms with Crippen LogP contribution < -0.4 is 0 Å². The Hall–Kier alpha value is -2.81. The molecule has 0 saturated heterocycles. The minimum absolute atomic E-state index is 0.222. The van der Waals surface area contributed by atoms with E-state index in [9.17, 15) is 9.59 Å². The van der Waals surface area contributed by atoms with Gasteiger partial charge in [-0.1, -0.05) is 0 Å². The largest absolute Gasteiger partial charge is 0.462 e. The highest BCUT2D eigenvalue weighted by Crippen LogP contribution is 2.20. The molecule has 0 atom stereocenters. The summed E-state index contributed by atoms with van der Waals surface area (Å²) in [4.78, 5) is 23.9. The third-order valence-corrected chi connectivity index (χ3v) is 2.88. The molecule has 2 rings (SSSR count). The van der Waals surface area contributed by atoms with E-state index in [0.717, 1.165) is 0 Å². The lowest BCUT2D eigenvalue weighted by atomic mass is 10.2. The molecule has 0 aliphatic heterocycles. The smallest absolute Gasteiger partial charge is 0.355 e. The molecule has 6 nitrogen and oxygen atoms in total. The van der Waals surface area contributed by atoms with Crippen LogP contribution >= 0.6 is 0 Å². The highest BCUT2D eigenvalue weighted by atomic mass is 16.5. The molecule has 0 N–H and O–H groups in total. The fourth-order valence-corrected chi connectivity index (χ4v) is 2.00. The molecule has 2 aromatic heterocycles. The van der Waals surface area contributed by atoms with E-state index in [2.05, 4.69) is 0 Å². The first-order chi connectivity index (χ1) is 10.1. The molecule has 0 fully saturated rings. The number of carbonyl (C=O) groups is 2. The summed E-state index contributed by atoms with van der Waals surface area (Å²) >= 11 is 0. The van der Waals surface area contributed by atoms with Crippen LogP contribution in [0.3, 0.4) is 0 Å². The number of nitriles is 1. The SMILES string of the molecule is CCOC(=O)c1cc(C(=O)OCC)n2ccc(C#N)cc12. The second-order valence-corrected chi connectivity index (χ2v) is 4.17. The first kappa shape index (κ1) is 14.6. The van der Waals surface area contributed by atoms with Gasteiger partial charge in [-0.3, -0.25) is 0 Å². The van der Waals surface area contributed by atoms with Crippen molar-refractivity contribution in [2.75, 3.05) is 13.2 Å². The van der Waals surface area contributed by atoms with E-state index in [0.29, 0.717) is 11.1 Å². The number of aromatic nitrogens is 1. The average Bonchev–Trinajstić information content (AvgIpc) is 2.86. The maximum atomic E-state index is 12.0. The van der Waals surface area contributed by atoms with Gasteiger partial charge in [0.15, 0.2) is 0 Å². The van der Waals surface area contributed by atoms with Gasteiger partial charge in [0, 0.05) is 6.20 Å². The molecule has 0 radical (unpaired) electrons. The van der Waals surface area contributed by atoms with Crippen LogP contribution in [0.5, 0.6) is 0 Å². The number of hydrogen-bond acceptors (Lipinski definition) is 5. The molecule has 0 bridgehead atoms. The summed E-state index contributed by atoms with van der Waals surface area (Å²) in [6.07, 6.45) is 1.56. The standard InChI is InChI=1S/C15H14N2O4/c1-3-20-14(18)11-8-13(15(19)21-4-2)17-6-5-10(9-16)7-12(11)17/h5-8H,3-4H2,1-2H3. The number of rotatable bonds is 4. The zero-order chi connectivity index (χ0) is 15.4. The van der Waals surface area contributed by atoms with Crippen LogP contribution in [-0.2, 0) is 9.47 Å². The van der Waals surface area contributed by atoms with Crippen LogP contribution in [0.4, 0.5) is 0 Å². The van der Waals surface area contributed by atoms with Gasteiger partial charge in [0.2, 0.25) is 0 Å². The zero-order valence-corrected chi connectivity index (χ0v) is 11.8. The Bertz CT molecular complexity index is 740. The van der Waals surface area contributed by atoms with E-state index in [-0.39, 0.29) is 24.5 Å². The van der Waals surface area contributed by atoms with Gasteiger partial charge in [-0.25, -0.2) is 9.59 Å². The Morgan fingerprint density at radius 1 is 1.19 bits per heavy atom. The minimum Gasteiger partial charge on any atom is -0.462 e. The van der Waals surface area contributed by atoms with Crippen LogP contribution in [0.15, 0.2) is 24.4 Å². The third kappa shape index (κ3) is 2.72. The summed E-state index contributed by atoms with van der Waals surface area (Å²) in [5.74, 6) is -1.08. The van der Waals surface area contributed by atoms with E-state index < -0.39 is 11.9 Å². The lowest BCUT2D eigenvalue weighted by Crippen LogP contribution is -2.07. The van der Waals surface area contributed by atoms with Gasteiger partial charge in [0.25, 0.3) is 0 Å². The molecule has 6 heteroatoms. The third-order valence-electron chi connectivity index (χ3n) is 2.88. The molecule has 2 aromatic rings. The van der Waals surface area contributed by atoms with E-state index >= 15 is 0 Å². The first-order valence-electron chi connectivity index (χ1n) is 6.51. The normalized spacial score (nSPS) is 10.1. The molecule has 2 heterocycles. The molecule has 0 aromatic carbocycles. The van der Waals surface area contributed by atoms with Crippen LogP contribution in [0, 0.1) is 11.3 Å². The Morgan fingerprint density at radius 2 is 1.86 bits per heavy atom. The minimum atomic E-state index is -0.541. The highest BCUT2D eigenvalue weighted by molar-refractivity contribution is 6.02. The predicted molar refractivity (Wildman–Crippen MR) is 74.0 cm³/mol. The van der Waals surface area contributed by atoms with Crippen molar-refractivity contribution in [2.24, 2.45) is 0 Å². The summed E-state index contributed by atoms with van der Waals surface area (Å²) in [6.45, 7) is 3.86. The summed E-state index contributed by atoms with van der Waals surface area (Å²) in [7, 11) is 0. The van der Waals surface area contributed by atoms with E-state index in [1.807, 2.05) is 6.07 Å². The Morgan fingerprint density at radius 3 is 2.48 bits per heavy atom. The van der Waals surface area contributed by atoms with Crippen molar-refractivity contribution >= 4 is 17.5 Å². The number of hydrogen-bond donors (Lipinski definition) is 0. The van der Waals surface area contributed by atoms with Gasteiger partial charge < -0.3 is 13.9 Å². The maximum absolute atomic E-state index is 12.0. The second kappa shape index (κ2) is 6.09. The molecule has 108 valence electrons. The van der Waals surface area contributed by atoms with Gasteiger partial charge in [-0.05, 0) is 32.0 Å². The number of pyridine rings is 1. The molecule has 0 saturated carbocycles. The number of nitrogens with zero attached hydrogens (tertiary/aromatic N) is 2. The van der Waals surface area contributed by atoms with E-state index in [4.69, 9.17) is 14.7 Å². The summed E-state index contributed by atoms with van der Waals surface area (Å²) in [5, 5.41) is 8.96. The van der Waals surface area contributed by atoms with Crippen LogP contribution in [0.1, 0.15) is 40.3 Å². The van der Waals surface area contributed by atoms with Gasteiger partial charge >= 0.3 is 11.9 Å². The van der Waals surface area contributed by atoms with Crippen molar-refractivity contribution in [2.45, 2.75) is 13.8 Å². The van der Waals surface area contributed by atoms with E-state index in [1.54, 1.807) is 26.1 Å². The topological polar surface area (TPSA) is 80.8 Å². The Kier molecular flexibility index (Phi) is 4.24. The molecular weight excluding hydrogens is 272 g/mol. The lowest BCUT2D eigenvalue weighted by Gasteiger charge is -2.03. The summed E-state index contributed by atoms with van der Waals surface area (Å²) in [5.41, 5.74) is 1.29. The monoisotopic (exact) mass is 286 g/mol. The van der Waals surface area contributed by atoms with E-state index in [1.165, 1.54) is 16.5 Å². The number of fused-ring (bicyclic) bond motifs is 1. The van der Waals surface area contributed by atoms with Crippen LogP contribution in [0.2, 0.25) is 0 Å². The molecular formula is C15H14N2O4. The average molecular weight is 286 g/mol. The summed E-state index contributed by atoms with van der Waals surface area (Å²) < 4.78 is 11.5. The zero-order valence-electron chi connectivity index (χ0n) is 11.8. The fraction of sp³-hybridized carbons (Fsp3) is 0.267. The van der Waals surface area contributed by atoms with Crippen molar-refractivity contribution in [1.82, 2.24) is 4.40 Å². The molecule has 0 aliphatic carbocycles. The first-order valence-corrected chi connectivity index (χ1v) is 6.51. The van der Waals surface area contributed by atoms with Gasteiger partial charge in [0.1, 0.15) is 5.69 Å². The predicted octanol–water partition coefficient (Wildman–Crippen LogP) is 2.16. The molecule has 0 amide bonds. The lowest BCUT2D eigenvalue weighted by molar-refractivity contribution is 0.0517. The quantitative estimate of drug-likeness (QED) is 0.804. The number of carbonyl (C=O) groups excluding carboxylic acids is 2. The molecule has 0 aliphatic rings. The molecule has 0 spiro atoms. The van der Waals surface area contributed by atoms with Crippen LogP contribution in [0.25, 0.3) is 5.52 Å². The van der Waals surface area contributed by atoms with Crippen molar-refractivity contribution < 1.29 is 19.1 Å². The van der Waals surface area contributed by atoms with Crippen molar-refractivity contribution in [3.63, 3.8) is 0 Å². The van der Waals surface area contributed by atoms with Gasteiger partial charge in [0.05, 0.1) is 35.9 Å². The fourth-order valence-electron chi connectivity index (χ4n) is 2.00. The number of esters is 2. The molecule has 0 unspecified atom stereocenters. The maximum Gasteiger partial charge on any atom is 0.355 e. The highest BCUT2D eigenvalue weighted by Gasteiger charge is 2.21. The Balaban J connectivity index is 2.64. The number of ether oxygens (including phenoxy) is 2. The summed E-state index contributed by atoms with van der Waals surface area (Å²) in [6, 6.07) is 6.52. The van der Waals surface area contributed by atoms with Gasteiger partial charge in [-0.15, -0.1) is 0 Å². The van der Waals surface area contributed by atoms with Crippen molar-refractivity contribution in [1.29, 1.82) is 5.26 Å². The van der Waals surface area contributed by atoms with Gasteiger partial charge in [-0.2, -0.15) is 5.26 Å². The second-order valence-electron chi connectivity index (χ2n) is 4.17. The van der Waals surface area contributed by atoms with Crippen molar-refractivity contribution in [3.8, 4) is 6.07 Å². The van der Waals surface area contributed by atoms with Crippen molar-refractivity contribution in [3.05, 3.63) is 41.2 Å². The van der Waals surface area contributed by atoms with Crippen LogP contribution in [-0.4, -0.2) is 29.6 Å². The Labute approximate surface area is 121 Å².